The quantitative estimate of drug-likeness (QED) is 0.497. The number of nitrogens with one attached hydrogen (secondary N) is 1. The van der Waals surface area contributed by atoms with E-state index in [9.17, 15) is 9.59 Å². The number of H-pyrrole nitrogens is 1. The Labute approximate surface area is 174 Å². The molecule has 6 nitrogen and oxygen atoms in total. The Morgan fingerprint density at radius 2 is 2.07 bits per heavy atom. The highest BCUT2D eigenvalue weighted by Gasteiger charge is 2.23. The molecule has 2 aromatic heterocycles. The minimum Gasteiger partial charge on any atom is -0.493 e. The Kier molecular flexibility index (Phi) is 4.34. The van der Waals surface area contributed by atoms with E-state index in [0.29, 0.717) is 34.5 Å². The lowest BCUT2D eigenvalue weighted by Crippen LogP contribution is -2.15. The van der Waals surface area contributed by atoms with Crippen LogP contribution in [-0.4, -0.2) is 27.7 Å². The van der Waals surface area contributed by atoms with E-state index >= 15 is 0 Å². The zero-order chi connectivity index (χ0) is 20.0. The van der Waals surface area contributed by atoms with Crippen molar-refractivity contribution in [3.05, 3.63) is 75.2 Å². The van der Waals surface area contributed by atoms with Crippen LogP contribution in [0.2, 0.25) is 5.02 Å². The van der Waals surface area contributed by atoms with E-state index in [-0.39, 0.29) is 5.69 Å². The van der Waals surface area contributed by atoms with Crippen LogP contribution in [0.1, 0.15) is 15.9 Å². The molecule has 1 aliphatic heterocycles. The van der Waals surface area contributed by atoms with Gasteiger partial charge in [-0.25, -0.2) is 14.5 Å². The summed E-state index contributed by atoms with van der Waals surface area (Å²) in [5, 5.41) is 7.25. The number of aldehydes is 1. The van der Waals surface area contributed by atoms with Crippen LogP contribution in [-0.2, 0) is 6.42 Å². The maximum Gasteiger partial charge on any atom is 0.348 e. The molecule has 0 spiro atoms. The lowest BCUT2D eigenvalue weighted by molar-refractivity contribution is 0.112. The molecule has 1 N–H and O–H groups in total. The highest BCUT2D eigenvalue weighted by molar-refractivity contribution is 7.19. The van der Waals surface area contributed by atoms with Gasteiger partial charge in [0.25, 0.3) is 0 Å². The normalized spacial score (nSPS) is 12.6. The molecule has 4 aromatic rings. The van der Waals surface area contributed by atoms with Gasteiger partial charge in [0.2, 0.25) is 0 Å². The fraction of sp³-hybridized carbons (Fsp3) is 0.0952. The summed E-state index contributed by atoms with van der Waals surface area (Å²) in [5.41, 5.74) is 2.84. The number of carbonyl (C=O) groups is 1. The maximum atomic E-state index is 12.5. The average Bonchev–Trinajstić information content (AvgIpc) is 3.27. The summed E-state index contributed by atoms with van der Waals surface area (Å²) >= 11 is 7.85. The van der Waals surface area contributed by atoms with E-state index in [1.54, 1.807) is 24.3 Å². The van der Waals surface area contributed by atoms with Crippen LogP contribution in [0.15, 0.2) is 53.3 Å². The van der Waals surface area contributed by atoms with Crippen LogP contribution in [0.3, 0.4) is 0 Å². The van der Waals surface area contributed by atoms with Crippen molar-refractivity contribution in [2.75, 3.05) is 6.61 Å². The number of para-hydroxylation sites is 1. The third-order valence-electron chi connectivity index (χ3n) is 4.81. The number of aromatic nitrogens is 3. The second-order valence-electron chi connectivity index (χ2n) is 6.58. The first-order chi connectivity index (χ1) is 14.2. The van der Waals surface area contributed by atoms with Crippen molar-refractivity contribution in [3.63, 3.8) is 0 Å². The van der Waals surface area contributed by atoms with Crippen LogP contribution < -0.4 is 10.4 Å². The zero-order valence-electron chi connectivity index (χ0n) is 15.0. The Morgan fingerprint density at radius 1 is 1.21 bits per heavy atom. The lowest BCUT2D eigenvalue weighted by atomic mass is 10.1. The van der Waals surface area contributed by atoms with Gasteiger partial charge in [-0.05, 0) is 35.9 Å². The molecule has 29 heavy (non-hydrogen) atoms. The van der Waals surface area contributed by atoms with Crippen molar-refractivity contribution in [1.29, 1.82) is 0 Å². The van der Waals surface area contributed by atoms with Crippen molar-refractivity contribution < 1.29 is 9.53 Å². The predicted octanol–water partition coefficient (Wildman–Crippen LogP) is 4.36. The van der Waals surface area contributed by atoms with Gasteiger partial charge in [0.1, 0.15) is 12.0 Å². The summed E-state index contributed by atoms with van der Waals surface area (Å²) in [4.78, 5) is 25.5. The highest BCUT2D eigenvalue weighted by Crippen LogP contribution is 2.43. The number of halogens is 1. The van der Waals surface area contributed by atoms with E-state index in [1.165, 1.54) is 15.9 Å². The van der Waals surface area contributed by atoms with Gasteiger partial charge in [-0.3, -0.25) is 4.79 Å². The number of benzene rings is 2. The number of fused-ring (bicyclic) bond motifs is 3. The molecule has 8 heteroatoms. The predicted molar refractivity (Wildman–Crippen MR) is 113 cm³/mol. The molecule has 0 aliphatic carbocycles. The summed E-state index contributed by atoms with van der Waals surface area (Å²) in [6.07, 6.45) is 1.53. The third kappa shape index (κ3) is 2.99. The molecule has 2 aromatic carbocycles. The van der Waals surface area contributed by atoms with Crippen molar-refractivity contribution in [1.82, 2.24) is 14.8 Å². The standard InChI is InChI=1S/C21H14ClN3O3S/c22-15-3-1-2-4-16(15)25-20(23-24-21(25)27)18-10-13-7-8-28-17-9-12(11-26)5-6-14(17)19(13)29-18/h1-6,9-11H,7-8H2,(H,24,27). The van der Waals surface area contributed by atoms with E-state index in [2.05, 4.69) is 10.2 Å². The summed E-state index contributed by atoms with van der Waals surface area (Å²) < 4.78 is 7.33. The number of aromatic amines is 1. The molecule has 0 fully saturated rings. The van der Waals surface area contributed by atoms with Gasteiger partial charge in [0.05, 0.1) is 22.2 Å². The molecule has 3 heterocycles. The second-order valence-corrected chi connectivity index (χ2v) is 8.04. The number of ether oxygens (including phenoxy) is 1. The summed E-state index contributed by atoms with van der Waals surface area (Å²) in [7, 11) is 0. The third-order valence-corrected chi connectivity index (χ3v) is 6.34. The second kappa shape index (κ2) is 7.02. The van der Waals surface area contributed by atoms with Crippen molar-refractivity contribution in [3.8, 4) is 32.6 Å². The molecule has 0 saturated heterocycles. The fourth-order valence-electron chi connectivity index (χ4n) is 3.46. The van der Waals surface area contributed by atoms with Gasteiger partial charge >= 0.3 is 5.69 Å². The molecule has 0 radical (unpaired) electrons. The largest absolute Gasteiger partial charge is 0.493 e. The van der Waals surface area contributed by atoms with E-state index < -0.39 is 0 Å². The van der Waals surface area contributed by atoms with Gasteiger partial charge < -0.3 is 4.74 Å². The van der Waals surface area contributed by atoms with Crippen LogP contribution >= 0.6 is 22.9 Å². The van der Waals surface area contributed by atoms with Crippen molar-refractivity contribution in [2.24, 2.45) is 0 Å². The molecule has 5 rings (SSSR count). The molecule has 0 bridgehead atoms. The zero-order valence-corrected chi connectivity index (χ0v) is 16.6. The Hall–Kier alpha value is -3.16. The SMILES string of the molecule is O=Cc1ccc2c(c1)OCCc1cc(-c3n[nH]c(=O)n3-c3ccccc3Cl)sc1-2. The smallest absolute Gasteiger partial charge is 0.348 e. The number of hydrogen-bond donors (Lipinski definition) is 1. The molecular weight excluding hydrogens is 410 g/mol. The topological polar surface area (TPSA) is 77.0 Å². The molecule has 1 aliphatic rings. The minimum atomic E-state index is -0.351. The number of hydrogen-bond acceptors (Lipinski definition) is 5. The van der Waals surface area contributed by atoms with Gasteiger partial charge in [-0.15, -0.1) is 11.3 Å². The molecule has 144 valence electrons. The molecular formula is C21H14ClN3O3S. The number of carbonyl (C=O) groups excluding carboxylic acids is 1. The average molecular weight is 424 g/mol. The molecule has 0 saturated carbocycles. The number of thiophene rings is 1. The van der Waals surface area contributed by atoms with Gasteiger partial charge in [-0.1, -0.05) is 29.8 Å². The minimum absolute atomic E-state index is 0.351. The first kappa shape index (κ1) is 17.9. The van der Waals surface area contributed by atoms with Crippen LogP contribution in [0, 0.1) is 0 Å². The van der Waals surface area contributed by atoms with Gasteiger partial charge in [0.15, 0.2) is 5.82 Å². The summed E-state index contributed by atoms with van der Waals surface area (Å²) in [6.45, 7) is 0.510. The van der Waals surface area contributed by atoms with E-state index in [0.717, 1.165) is 33.6 Å². The Balaban J connectivity index is 1.68. The molecule has 0 amide bonds. The Bertz CT molecular complexity index is 1300. The summed E-state index contributed by atoms with van der Waals surface area (Å²) in [6, 6.07) is 14.6. The van der Waals surface area contributed by atoms with Crippen molar-refractivity contribution >= 4 is 29.2 Å². The van der Waals surface area contributed by atoms with E-state index in [4.69, 9.17) is 16.3 Å². The number of nitrogens with zero attached hydrogens (tertiary/aromatic N) is 2. The lowest BCUT2D eigenvalue weighted by Gasteiger charge is -2.08. The van der Waals surface area contributed by atoms with Gasteiger partial charge in [0, 0.05) is 22.4 Å². The molecule has 0 atom stereocenters. The summed E-state index contributed by atoms with van der Waals surface area (Å²) in [5.74, 6) is 1.19. The number of rotatable bonds is 3. The van der Waals surface area contributed by atoms with Crippen molar-refractivity contribution in [2.45, 2.75) is 6.42 Å². The monoisotopic (exact) mass is 423 g/mol. The van der Waals surface area contributed by atoms with Gasteiger partial charge in [-0.2, -0.15) is 5.10 Å². The van der Waals surface area contributed by atoms with Crippen LogP contribution in [0.5, 0.6) is 5.75 Å². The Morgan fingerprint density at radius 3 is 2.90 bits per heavy atom. The van der Waals surface area contributed by atoms with Crippen LogP contribution in [0.25, 0.3) is 26.8 Å². The fourth-order valence-corrected chi connectivity index (χ4v) is 4.90. The highest BCUT2D eigenvalue weighted by atomic mass is 35.5. The van der Waals surface area contributed by atoms with E-state index in [1.807, 2.05) is 24.3 Å². The first-order valence-corrected chi connectivity index (χ1v) is 10.1. The first-order valence-electron chi connectivity index (χ1n) is 8.93. The molecule has 0 unspecified atom stereocenters. The maximum absolute atomic E-state index is 12.5. The van der Waals surface area contributed by atoms with Crippen LogP contribution in [0.4, 0.5) is 0 Å².